The van der Waals surface area contributed by atoms with Crippen LogP contribution in [0.4, 0.5) is 5.69 Å². The van der Waals surface area contributed by atoms with Gasteiger partial charge in [-0.2, -0.15) is 0 Å². The van der Waals surface area contributed by atoms with Gasteiger partial charge in [0, 0.05) is 12.7 Å². The van der Waals surface area contributed by atoms with Crippen molar-refractivity contribution in [2.45, 2.75) is 27.3 Å². The van der Waals surface area contributed by atoms with Gasteiger partial charge in [0.2, 0.25) is 11.8 Å². The van der Waals surface area contributed by atoms with Gasteiger partial charge in [-0.15, -0.1) is 0 Å². The van der Waals surface area contributed by atoms with Crippen LogP contribution in [0.25, 0.3) is 10.9 Å². The minimum Gasteiger partial charge on any atom is -0.335 e. The van der Waals surface area contributed by atoms with Crippen LogP contribution >= 0.6 is 0 Å². The van der Waals surface area contributed by atoms with E-state index in [9.17, 15) is 14.4 Å². The number of benzene rings is 2. The molecule has 0 atom stereocenters. The molecule has 7 nitrogen and oxygen atoms in total. The number of anilines is 1. The van der Waals surface area contributed by atoms with Crippen LogP contribution in [0.15, 0.2) is 47.5 Å². The highest BCUT2D eigenvalue weighted by atomic mass is 16.2. The lowest BCUT2D eigenvalue weighted by Gasteiger charge is -2.19. The fourth-order valence-electron chi connectivity index (χ4n) is 3.34. The van der Waals surface area contributed by atoms with Crippen LogP contribution in [0.5, 0.6) is 0 Å². The second-order valence-corrected chi connectivity index (χ2v) is 7.27. The van der Waals surface area contributed by atoms with Crippen molar-refractivity contribution in [3.8, 4) is 0 Å². The quantitative estimate of drug-likeness (QED) is 0.723. The highest BCUT2D eigenvalue weighted by molar-refractivity contribution is 5.95. The second kappa shape index (κ2) is 8.26. The maximum atomic E-state index is 12.5. The molecule has 0 fully saturated rings. The summed E-state index contributed by atoms with van der Waals surface area (Å²) in [6.07, 6.45) is 1.36. The Morgan fingerprint density at radius 3 is 2.45 bits per heavy atom. The van der Waals surface area contributed by atoms with E-state index in [1.54, 1.807) is 24.3 Å². The van der Waals surface area contributed by atoms with E-state index in [1.165, 1.54) is 22.8 Å². The third-order valence-electron chi connectivity index (χ3n) is 4.79. The van der Waals surface area contributed by atoms with Gasteiger partial charge in [-0.25, -0.2) is 4.98 Å². The molecule has 0 spiro atoms. The number of para-hydroxylation sites is 1. The van der Waals surface area contributed by atoms with Gasteiger partial charge < -0.3 is 10.2 Å². The van der Waals surface area contributed by atoms with Crippen molar-refractivity contribution in [3.63, 3.8) is 0 Å². The smallest absolute Gasteiger partial charge is 0.261 e. The average molecular weight is 392 g/mol. The van der Waals surface area contributed by atoms with Crippen LogP contribution in [0.3, 0.4) is 0 Å². The molecule has 1 heterocycles. The number of nitrogens with one attached hydrogen (secondary N) is 1. The normalized spacial score (nSPS) is 10.8. The van der Waals surface area contributed by atoms with Crippen molar-refractivity contribution >= 4 is 28.4 Å². The van der Waals surface area contributed by atoms with Gasteiger partial charge >= 0.3 is 0 Å². The zero-order valence-corrected chi connectivity index (χ0v) is 17.0. The number of fused-ring (bicyclic) bond motifs is 1. The number of aromatic nitrogens is 2. The molecule has 2 amide bonds. The Labute approximate surface area is 169 Å². The van der Waals surface area contributed by atoms with E-state index in [4.69, 9.17) is 0 Å². The first-order chi connectivity index (χ1) is 13.8. The standard InChI is InChI=1S/C22H24N4O3/c1-14-9-15(2)21(16(3)10-14)24-19(27)11-25(4)20(28)12-26-13-23-18-8-6-5-7-17(18)22(26)29/h5-10,13H,11-12H2,1-4H3,(H,24,27). The number of hydrogen-bond acceptors (Lipinski definition) is 4. The Kier molecular flexibility index (Phi) is 5.77. The number of carbonyl (C=O) groups excluding carboxylic acids is 2. The van der Waals surface area contributed by atoms with Crippen LogP contribution < -0.4 is 10.9 Å². The van der Waals surface area contributed by atoms with E-state index in [0.717, 1.165) is 22.4 Å². The van der Waals surface area contributed by atoms with Crippen LogP contribution in [-0.2, 0) is 16.1 Å². The highest BCUT2D eigenvalue weighted by Crippen LogP contribution is 2.21. The van der Waals surface area contributed by atoms with Gasteiger partial charge in [0.15, 0.2) is 0 Å². The minimum atomic E-state index is -0.350. The molecule has 0 saturated carbocycles. The minimum absolute atomic E-state index is 0.110. The van der Waals surface area contributed by atoms with Crippen molar-refractivity contribution in [3.05, 3.63) is 69.8 Å². The summed E-state index contributed by atoms with van der Waals surface area (Å²) in [4.78, 5) is 43.0. The van der Waals surface area contributed by atoms with E-state index in [-0.39, 0.29) is 30.5 Å². The number of nitrogens with zero attached hydrogens (tertiary/aromatic N) is 3. The third-order valence-corrected chi connectivity index (χ3v) is 4.79. The second-order valence-electron chi connectivity index (χ2n) is 7.27. The summed E-state index contributed by atoms with van der Waals surface area (Å²) in [5, 5.41) is 3.33. The first-order valence-corrected chi connectivity index (χ1v) is 9.32. The predicted molar refractivity (Wildman–Crippen MR) is 113 cm³/mol. The molecule has 0 aliphatic heterocycles. The fraction of sp³-hybridized carbons (Fsp3) is 0.273. The molecule has 0 bridgehead atoms. The SMILES string of the molecule is Cc1cc(C)c(NC(=O)CN(C)C(=O)Cn2cnc3ccccc3c2=O)c(C)c1. The van der Waals surface area contributed by atoms with Crippen LogP contribution in [-0.4, -0.2) is 39.9 Å². The molecule has 150 valence electrons. The Morgan fingerprint density at radius 1 is 1.10 bits per heavy atom. The zero-order chi connectivity index (χ0) is 21.1. The average Bonchev–Trinajstić information content (AvgIpc) is 2.67. The van der Waals surface area contributed by atoms with Gasteiger partial charge in [-0.3, -0.25) is 19.0 Å². The van der Waals surface area contributed by atoms with E-state index in [2.05, 4.69) is 10.3 Å². The Balaban J connectivity index is 1.67. The number of hydrogen-bond donors (Lipinski definition) is 1. The zero-order valence-electron chi connectivity index (χ0n) is 17.0. The monoisotopic (exact) mass is 392 g/mol. The molecule has 1 aromatic heterocycles. The largest absolute Gasteiger partial charge is 0.335 e. The molecule has 0 aliphatic rings. The molecule has 0 unspecified atom stereocenters. The number of aryl methyl sites for hydroxylation is 3. The summed E-state index contributed by atoms with van der Waals surface area (Å²) >= 11 is 0. The molecule has 3 rings (SSSR count). The van der Waals surface area contributed by atoms with E-state index >= 15 is 0 Å². The summed E-state index contributed by atoms with van der Waals surface area (Å²) in [6, 6.07) is 11.0. The molecule has 0 aliphatic carbocycles. The number of likely N-dealkylation sites (N-methyl/N-ethyl adjacent to an activating group) is 1. The lowest BCUT2D eigenvalue weighted by molar-refractivity contribution is -0.133. The van der Waals surface area contributed by atoms with E-state index in [0.29, 0.717) is 10.9 Å². The molecule has 0 radical (unpaired) electrons. The van der Waals surface area contributed by atoms with Crippen molar-refractivity contribution < 1.29 is 9.59 Å². The summed E-state index contributed by atoms with van der Waals surface area (Å²) in [7, 11) is 1.54. The Morgan fingerprint density at radius 2 is 1.76 bits per heavy atom. The summed E-state index contributed by atoms with van der Waals surface area (Å²) in [5.74, 6) is -0.642. The van der Waals surface area contributed by atoms with Crippen molar-refractivity contribution in [2.24, 2.45) is 0 Å². The molecule has 29 heavy (non-hydrogen) atoms. The lowest BCUT2D eigenvalue weighted by Crippen LogP contribution is -2.38. The number of carbonyl (C=O) groups is 2. The maximum Gasteiger partial charge on any atom is 0.261 e. The summed E-state index contributed by atoms with van der Waals surface area (Å²) in [6.45, 7) is 5.58. The van der Waals surface area contributed by atoms with Crippen molar-refractivity contribution in [1.29, 1.82) is 0 Å². The molecular formula is C22H24N4O3. The van der Waals surface area contributed by atoms with E-state index < -0.39 is 0 Å². The number of amides is 2. The molecule has 3 aromatic rings. The molecular weight excluding hydrogens is 368 g/mol. The van der Waals surface area contributed by atoms with Crippen LogP contribution in [0.1, 0.15) is 16.7 Å². The molecule has 1 N–H and O–H groups in total. The highest BCUT2D eigenvalue weighted by Gasteiger charge is 2.16. The van der Waals surface area contributed by atoms with Gasteiger partial charge in [0.25, 0.3) is 5.56 Å². The molecule has 2 aromatic carbocycles. The predicted octanol–water partition coefficient (Wildman–Crippen LogP) is 2.42. The van der Waals surface area contributed by atoms with Crippen molar-refractivity contribution in [1.82, 2.24) is 14.5 Å². The summed E-state index contributed by atoms with van der Waals surface area (Å²) in [5.41, 5.74) is 4.12. The lowest BCUT2D eigenvalue weighted by atomic mass is 10.1. The first-order valence-electron chi connectivity index (χ1n) is 9.32. The van der Waals surface area contributed by atoms with Gasteiger partial charge in [0.05, 0.1) is 23.8 Å². The first kappa shape index (κ1) is 20.3. The molecule has 0 saturated heterocycles. The van der Waals surface area contributed by atoms with Gasteiger partial charge in [-0.1, -0.05) is 29.8 Å². The number of rotatable bonds is 5. The van der Waals surface area contributed by atoms with Crippen molar-refractivity contribution in [2.75, 3.05) is 18.9 Å². The fourth-order valence-corrected chi connectivity index (χ4v) is 3.34. The summed E-state index contributed by atoms with van der Waals surface area (Å²) < 4.78 is 1.26. The van der Waals surface area contributed by atoms with Gasteiger partial charge in [0.1, 0.15) is 6.54 Å². The van der Waals surface area contributed by atoms with Gasteiger partial charge in [-0.05, 0) is 44.0 Å². The van der Waals surface area contributed by atoms with Crippen LogP contribution in [0, 0.1) is 20.8 Å². The third kappa shape index (κ3) is 4.51. The molecule has 7 heteroatoms. The van der Waals surface area contributed by atoms with E-state index in [1.807, 2.05) is 32.9 Å². The topological polar surface area (TPSA) is 84.3 Å². The Hall–Kier alpha value is -3.48. The maximum absolute atomic E-state index is 12.5. The Bertz CT molecular complexity index is 1130. The van der Waals surface area contributed by atoms with Crippen LogP contribution in [0.2, 0.25) is 0 Å².